The molecule has 0 saturated heterocycles. The molecule has 2 atom stereocenters. The number of aromatic carboxylic acids is 1. The van der Waals surface area contributed by atoms with Crippen molar-refractivity contribution in [2.24, 2.45) is 5.41 Å². The molecule has 0 aliphatic heterocycles. The minimum absolute atomic E-state index is 0.0467. The lowest BCUT2D eigenvalue weighted by molar-refractivity contribution is -0.0976. The monoisotopic (exact) mass is 270 g/mol. The van der Waals surface area contributed by atoms with Crippen LogP contribution >= 0.6 is 11.3 Å². The maximum atomic E-state index is 10.7. The van der Waals surface area contributed by atoms with Crippen molar-refractivity contribution < 1.29 is 14.6 Å². The second-order valence-electron chi connectivity index (χ2n) is 5.04. The van der Waals surface area contributed by atoms with Gasteiger partial charge in [-0.05, 0) is 13.3 Å². The fourth-order valence-electron chi connectivity index (χ4n) is 2.20. The van der Waals surface area contributed by atoms with Gasteiger partial charge in [0.05, 0.1) is 6.10 Å². The van der Waals surface area contributed by atoms with Gasteiger partial charge in [0.25, 0.3) is 0 Å². The van der Waals surface area contributed by atoms with Crippen molar-refractivity contribution in [1.29, 1.82) is 0 Å². The highest BCUT2D eigenvalue weighted by Gasteiger charge is 2.49. The van der Waals surface area contributed by atoms with E-state index >= 15 is 0 Å². The Morgan fingerprint density at radius 3 is 2.94 bits per heavy atom. The first-order chi connectivity index (χ1) is 8.45. The number of nitrogens with zero attached hydrogens (tertiary/aromatic N) is 1. The minimum Gasteiger partial charge on any atom is -0.476 e. The number of carboxylic acid groups (broad SMARTS) is 1. The summed E-state index contributed by atoms with van der Waals surface area (Å²) in [7, 11) is 0. The molecule has 0 aromatic carbocycles. The van der Waals surface area contributed by atoms with Gasteiger partial charge in [0.15, 0.2) is 10.8 Å². The van der Waals surface area contributed by atoms with Gasteiger partial charge >= 0.3 is 5.97 Å². The molecule has 0 spiro atoms. The van der Waals surface area contributed by atoms with Crippen LogP contribution in [0.2, 0.25) is 0 Å². The molecule has 0 radical (unpaired) electrons. The number of ether oxygens (including phenoxy) is 1. The van der Waals surface area contributed by atoms with E-state index in [2.05, 4.69) is 24.1 Å². The molecule has 2 unspecified atom stereocenters. The summed E-state index contributed by atoms with van der Waals surface area (Å²) in [4.78, 5) is 14.8. The zero-order valence-electron chi connectivity index (χ0n) is 10.8. The van der Waals surface area contributed by atoms with Gasteiger partial charge in [-0.3, -0.25) is 0 Å². The van der Waals surface area contributed by atoms with E-state index in [9.17, 15) is 4.79 Å². The van der Waals surface area contributed by atoms with Gasteiger partial charge in [-0.25, -0.2) is 9.78 Å². The molecule has 1 aliphatic rings. The first-order valence-corrected chi connectivity index (χ1v) is 6.90. The van der Waals surface area contributed by atoms with E-state index in [1.54, 1.807) is 5.38 Å². The SMILES string of the molecule is CCOC1CC(Nc2nc(C(=O)O)cs2)C1(C)C. The van der Waals surface area contributed by atoms with Crippen LogP contribution in [0.4, 0.5) is 5.13 Å². The summed E-state index contributed by atoms with van der Waals surface area (Å²) < 4.78 is 5.65. The Hall–Kier alpha value is -1.14. The summed E-state index contributed by atoms with van der Waals surface area (Å²) in [5.74, 6) is -0.987. The molecule has 2 N–H and O–H groups in total. The van der Waals surface area contributed by atoms with Crippen LogP contribution in [0, 0.1) is 5.41 Å². The third-order valence-corrected chi connectivity index (χ3v) is 4.34. The van der Waals surface area contributed by atoms with E-state index in [-0.39, 0.29) is 23.3 Å². The maximum Gasteiger partial charge on any atom is 0.355 e. The Morgan fingerprint density at radius 2 is 2.44 bits per heavy atom. The van der Waals surface area contributed by atoms with Crippen molar-refractivity contribution in [1.82, 2.24) is 4.98 Å². The average molecular weight is 270 g/mol. The molecule has 1 heterocycles. The summed E-state index contributed by atoms with van der Waals surface area (Å²) in [6.07, 6.45) is 1.20. The quantitative estimate of drug-likeness (QED) is 0.860. The molecular weight excluding hydrogens is 252 g/mol. The van der Waals surface area contributed by atoms with Gasteiger partial charge in [-0.2, -0.15) is 0 Å². The van der Waals surface area contributed by atoms with Crippen LogP contribution < -0.4 is 5.32 Å². The van der Waals surface area contributed by atoms with E-state index in [1.807, 2.05) is 6.92 Å². The Labute approximate surface area is 110 Å². The van der Waals surface area contributed by atoms with Gasteiger partial charge in [0.1, 0.15) is 0 Å². The van der Waals surface area contributed by atoms with Crippen molar-refractivity contribution in [2.45, 2.75) is 39.3 Å². The van der Waals surface area contributed by atoms with Crippen LogP contribution in [0.1, 0.15) is 37.7 Å². The van der Waals surface area contributed by atoms with Crippen molar-refractivity contribution >= 4 is 22.4 Å². The largest absolute Gasteiger partial charge is 0.476 e. The summed E-state index contributed by atoms with van der Waals surface area (Å²) in [5, 5.41) is 14.3. The Bertz CT molecular complexity index is 444. The number of hydrogen-bond donors (Lipinski definition) is 2. The molecule has 1 aliphatic carbocycles. The smallest absolute Gasteiger partial charge is 0.355 e. The maximum absolute atomic E-state index is 10.7. The average Bonchev–Trinajstić information content (AvgIpc) is 2.76. The third-order valence-electron chi connectivity index (χ3n) is 3.57. The Balaban J connectivity index is 1.96. The lowest BCUT2D eigenvalue weighted by Gasteiger charge is -2.51. The summed E-state index contributed by atoms with van der Waals surface area (Å²) in [6.45, 7) is 7.03. The first-order valence-electron chi connectivity index (χ1n) is 6.02. The molecule has 1 saturated carbocycles. The Kier molecular flexibility index (Phi) is 3.59. The highest BCUT2D eigenvalue weighted by atomic mass is 32.1. The number of thiazole rings is 1. The number of carboxylic acids is 1. The molecule has 100 valence electrons. The minimum atomic E-state index is -0.987. The van der Waals surface area contributed by atoms with Crippen LogP contribution in [-0.2, 0) is 4.74 Å². The fraction of sp³-hybridized carbons (Fsp3) is 0.667. The number of nitrogens with one attached hydrogen (secondary N) is 1. The first kappa shape index (κ1) is 13.3. The Morgan fingerprint density at radius 1 is 1.72 bits per heavy atom. The molecule has 0 bridgehead atoms. The number of rotatable bonds is 5. The predicted molar refractivity (Wildman–Crippen MR) is 70.3 cm³/mol. The van der Waals surface area contributed by atoms with Gasteiger partial charge in [0.2, 0.25) is 0 Å². The number of hydrogen-bond acceptors (Lipinski definition) is 5. The van der Waals surface area contributed by atoms with Gasteiger partial charge < -0.3 is 15.2 Å². The van der Waals surface area contributed by atoms with Crippen molar-refractivity contribution in [2.75, 3.05) is 11.9 Å². The van der Waals surface area contributed by atoms with Crippen LogP contribution in [0.15, 0.2) is 5.38 Å². The van der Waals surface area contributed by atoms with Crippen molar-refractivity contribution in [3.8, 4) is 0 Å². The second-order valence-corrected chi connectivity index (χ2v) is 5.90. The van der Waals surface area contributed by atoms with Crippen LogP contribution in [0.25, 0.3) is 0 Å². The van der Waals surface area contributed by atoms with Gasteiger partial charge in [-0.1, -0.05) is 13.8 Å². The van der Waals surface area contributed by atoms with E-state index in [4.69, 9.17) is 9.84 Å². The molecule has 1 aromatic heterocycles. The fourth-order valence-corrected chi connectivity index (χ4v) is 2.94. The van der Waals surface area contributed by atoms with Crippen molar-refractivity contribution in [3.63, 3.8) is 0 Å². The topological polar surface area (TPSA) is 71.5 Å². The highest BCUT2D eigenvalue weighted by Crippen LogP contribution is 2.44. The number of aromatic nitrogens is 1. The number of carbonyl (C=O) groups is 1. The molecule has 6 heteroatoms. The summed E-state index contributed by atoms with van der Waals surface area (Å²) in [5.41, 5.74) is 0.145. The summed E-state index contributed by atoms with van der Waals surface area (Å²) in [6, 6.07) is 0.279. The van der Waals surface area contributed by atoms with Gasteiger partial charge in [0, 0.05) is 23.4 Å². The zero-order chi connectivity index (χ0) is 13.3. The highest BCUT2D eigenvalue weighted by molar-refractivity contribution is 7.13. The van der Waals surface area contributed by atoms with E-state index in [0.717, 1.165) is 13.0 Å². The predicted octanol–water partition coefficient (Wildman–Crippen LogP) is 2.46. The molecular formula is C12H18N2O3S. The van der Waals surface area contributed by atoms with Gasteiger partial charge in [-0.15, -0.1) is 11.3 Å². The summed E-state index contributed by atoms with van der Waals surface area (Å²) >= 11 is 1.33. The van der Waals surface area contributed by atoms with E-state index in [0.29, 0.717) is 5.13 Å². The molecule has 2 rings (SSSR count). The molecule has 18 heavy (non-hydrogen) atoms. The standard InChI is InChI=1S/C12H18N2O3S/c1-4-17-9-5-8(12(9,2)3)14-11-13-7(6-18-11)10(15)16/h6,8-9H,4-5H2,1-3H3,(H,13,14)(H,15,16). The molecule has 1 aromatic rings. The lowest BCUT2D eigenvalue weighted by atomic mass is 9.64. The lowest BCUT2D eigenvalue weighted by Crippen LogP contribution is -2.58. The normalized spacial score (nSPS) is 25.5. The molecule has 0 amide bonds. The zero-order valence-corrected chi connectivity index (χ0v) is 11.6. The van der Waals surface area contributed by atoms with E-state index in [1.165, 1.54) is 11.3 Å². The van der Waals surface area contributed by atoms with Crippen LogP contribution in [0.3, 0.4) is 0 Å². The number of anilines is 1. The molecule has 1 fully saturated rings. The molecule has 5 nitrogen and oxygen atoms in total. The van der Waals surface area contributed by atoms with Crippen molar-refractivity contribution in [3.05, 3.63) is 11.1 Å². The van der Waals surface area contributed by atoms with Crippen LogP contribution in [-0.4, -0.2) is 34.8 Å². The second kappa shape index (κ2) is 4.85. The van der Waals surface area contributed by atoms with Crippen LogP contribution in [0.5, 0.6) is 0 Å². The van der Waals surface area contributed by atoms with E-state index < -0.39 is 5.97 Å². The third kappa shape index (κ3) is 2.35.